The summed E-state index contributed by atoms with van der Waals surface area (Å²) in [5, 5.41) is 17.4. The first-order valence-corrected chi connectivity index (χ1v) is 8.45. The van der Waals surface area contributed by atoms with Gasteiger partial charge in [-0.3, -0.25) is 9.59 Å². The Morgan fingerprint density at radius 2 is 1.62 bits per heavy atom. The van der Waals surface area contributed by atoms with E-state index in [0.29, 0.717) is 10.6 Å². The molecule has 2 aromatic carbocycles. The fourth-order valence-electron chi connectivity index (χ4n) is 2.62. The van der Waals surface area contributed by atoms with Gasteiger partial charge in [-0.15, -0.1) is 11.8 Å². The molecule has 0 aromatic heterocycles. The standard InChI is InChI=1S/C18H13NO6S/c20-15-9-14(26-13-4-2-1-3-12(13)18(24)25)16(21)19(15)11-7-5-10(6-8-11)17(22)23/h1-8,14H,9H2,(H,22,23)(H,24,25)/t14-/m1/s1. The molecular weight excluding hydrogens is 358 g/mol. The predicted octanol–water partition coefficient (Wildman–Crippen LogP) is 2.51. The largest absolute Gasteiger partial charge is 0.478 e. The number of hydrogen-bond donors (Lipinski definition) is 2. The molecule has 0 spiro atoms. The fraction of sp³-hybridized carbons (Fsp3) is 0.111. The number of hydrogen-bond acceptors (Lipinski definition) is 5. The highest BCUT2D eigenvalue weighted by Crippen LogP contribution is 2.35. The summed E-state index contributed by atoms with van der Waals surface area (Å²) in [5.74, 6) is -3.08. The van der Waals surface area contributed by atoms with Crippen LogP contribution < -0.4 is 4.90 Å². The molecule has 1 aliphatic rings. The predicted molar refractivity (Wildman–Crippen MR) is 93.6 cm³/mol. The van der Waals surface area contributed by atoms with Crippen molar-refractivity contribution >= 4 is 41.2 Å². The van der Waals surface area contributed by atoms with Crippen LogP contribution in [0.15, 0.2) is 53.4 Å². The fourth-order valence-corrected chi connectivity index (χ4v) is 3.80. The van der Waals surface area contributed by atoms with Crippen LogP contribution in [0.3, 0.4) is 0 Å². The third-order valence-corrected chi connectivity index (χ3v) is 5.13. The Morgan fingerprint density at radius 3 is 2.23 bits per heavy atom. The van der Waals surface area contributed by atoms with E-state index in [9.17, 15) is 24.3 Å². The van der Waals surface area contributed by atoms with Gasteiger partial charge in [0.25, 0.3) is 0 Å². The molecule has 1 heterocycles. The lowest BCUT2D eigenvalue weighted by Gasteiger charge is -2.15. The van der Waals surface area contributed by atoms with E-state index in [1.807, 2.05) is 0 Å². The van der Waals surface area contributed by atoms with Crippen molar-refractivity contribution < 1.29 is 29.4 Å². The average molecular weight is 371 g/mol. The number of anilines is 1. The van der Waals surface area contributed by atoms with Gasteiger partial charge < -0.3 is 10.2 Å². The van der Waals surface area contributed by atoms with Crippen molar-refractivity contribution in [3.8, 4) is 0 Å². The van der Waals surface area contributed by atoms with E-state index in [-0.39, 0.29) is 17.5 Å². The van der Waals surface area contributed by atoms with Gasteiger partial charge in [0, 0.05) is 11.3 Å². The summed E-state index contributed by atoms with van der Waals surface area (Å²) < 4.78 is 0. The lowest BCUT2D eigenvalue weighted by Crippen LogP contribution is -2.31. The maximum atomic E-state index is 12.6. The number of nitrogens with zero attached hydrogens (tertiary/aromatic N) is 1. The minimum atomic E-state index is -1.11. The molecular formula is C18H13NO6S. The topological polar surface area (TPSA) is 112 Å². The highest BCUT2D eigenvalue weighted by Gasteiger charge is 2.40. The Hall–Kier alpha value is -3.13. The molecule has 2 N–H and O–H groups in total. The third-order valence-electron chi connectivity index (χ3n) is 3.86. The first kappa shape index (κ1) is 17.7. The molecule has 2 amide bonds. The van der Waals surface area contributed by atoms with Crippen molar-refractivity contribution in [1.29, 1.82) is 0 Å². The number of thioether (sulfide) groups is 1. The van der Waals surface area contributed by atoms with Crippen LogP contribution in [0, 0.1) is 0 Å². The van der Waals surface area contributed by atoms with Crippen molar-refractivity contribution in [3.63, 3.8) is 0 Å². The summed E-state index contributed by atoms with van der Waals surface area (Å²) in [6.07, 6.45) is -0.0574. The van der Waals surface area contributed by atoms with Gasteiger partial charge in [0.1, 0.15) is 0 Å². The maximum absolute atomic E-state index is 12.6. The van der Waals surface area contributed by atoms with Crippen LogP contribution in [-0.4, -0.2) is 39.2 Å². The minimum absolute atomic E-state index is 0.0501. The summed E-state index contributed by atoms with van der Waals surface area (Å²) in [5.41, 5.74) is 0.413. The highest BCUT2D eigenvalue weighted by atomic mass is 32.2. The molecule has 1 fully saturated rings. The number of carbonyl (C=O) groups excluding carboxylic acids is 2. The summed E-state index contributed by atoms with van der Waals surface area (Å²) in [6.45, 7) is 0. The molecule has 0 aliphatic carbocycles. The lowest BCUT2D eigenvalue weighted by atomic mass is 10.2. The number of rotatable bonds is 5. The lowest BCUT2D eigenvalue weighted by molar-refractivity contribution is -0.121. The van der Waals surface area contributed by atoms with Crippen molar-refractivity contribution in [2.75, 3.05) is 4.90 Å². The molecule has 0 unspecified atom stereocenters. The highest BCUT2D eigenvalue weighted by molar-refractivity contribution is 8.00. The Kier molecular flexibility index (Phi) is 4.77. The van der Waals surface area contributed by atoms with E-state index < -0.39 is 29.0 Å². The van der Waals surface area contributed by atoms with Gasteiger partial charge in [-0.1, -0.05) is 12.1 Å². The van der Waals surface area contributed by atoms with Gasteiger partial charge in [0.15, 0.2) is 0 Å². The van der Waals surface area contributed by atoms with Crippen LogP contribution in [0.25, 0.3) is 0 Å². The van der Waals surface area contributed by atoms with Gasteiger partial charge in [0.05, 0.1) is 22.1 Å². The summed E-state index contributed by atoms with van der Waals surface area (Å²) in [7, 11) is 0. The normalized spacial score (nSPS) is 16.8. The van der Waals surface area contributed by atoms with Crippen LogP contribution in [0.5, 0.6) is 0 Å². The molecule has 3 rings (SSSR count). The minimum Gasteiger partial charge on any atom is -0.478 e. The van der Waals surface area contributed by atoms with Gasteiger partial charge >= 0.3 is 11.9 Å². The first-order chi connectivity index (χ1) is 12.4. The molecule has 0 radical (unpaired) electrons. The molecule has 7 nitrogen and oxygen atoms in total. The number of amides is 2. The Balaban J connectivity index is 1.83. The van der Waals surface area contributed by atoms with Crippen molar-refractivity contribution in [2.45, 2.75) is 16.6 Å². The SMILES string of the molecule is O=C(O)c1ccc(N2C(=O)C[C@@H](Sc3ccccc3C(=O)O)C2=O)cc1. The molecule has 1 aliphatic heterocycles. The zero-order valence-corrected chi connectivity index (χ0v) is 14.1. The summed E-state index contributed by atoms with van der Waals surface area (Å²) >= 11 is 1.04. The Morgan fingerprint density at radius 1 is 0.962 bits per heavy atom. The molecule has 0 saturated carbocycles. The molecule has 8 heteroatoms. The van der Waals surface area contributed by atoms with Gasteiger partial charge in [-0.2, -0.15) is 0 Å². The second-order valence-corrected chi connectivity index (χ2v) is 6.78. The zero-order valence-electron chi connectivity index (χ0n) is 13.3. The average Bonchev–Trinajstić information content (AvgIpc) is 2.89. The Bertz CT molecular complexity index is 908. The smallest absolute Gasteiger partial charge is 0.336 e. The molecule has 26 heavy (non-hydrogen) atoms. The number of carboxylic acid groups (broad SMARTS) is 2. The Labute approximate surface area is 152 Å². The molecule has 1 saturated heterocycles. The van der Waals surface area contributed by atoms with Crippen LogP contribution in [-0.2, 0) is 9.59 Å². The van der Waals surface area contributed by atoms with E-state index in [4.69, 9.17) is 5.11 Å². The van der Waals surface area contributed by atoms with Gasteiger partial charge in [-0.25, -0.2) is 14.5 Å². The van der Waals surface area contributed by atoms with Crippen LogP contribution in [0.4, 0.5) is 5.69 Å². The van der Waals surface area contributed by atoms with Crippen molar-refractivity contribution in [1.82, 2.24) is 0 Å². The number of benzene rings is 2. The number of carboxylic acids is 2. The van der Waals surface area contributed by atoms with E-state index >= 15 is 0 Å². The van der Waals surface area contributed by atoms with Crippen LogP contribution >= 0.6 is 11.8 Å². The van der Waals surface area contributed by atoms with Gasteiger partial charge in [0.2, 0.25) is 11.8 Å². The van der Waals surface area contributed by atoms with Crippen LogP contribution in [0.2, 0.25) is 0 Å². The third kappa shape index (κ3) is 3.31. The monoisotopic (exact) mass is 371 g/mol. The van der Waals surface area contributed by atoms with Crippen molar-refractivity contribution in [2.24, 2.45) is 0 Å². The molecule has 132 valence electrons. The quantitative estimate of drug-likeness (QED) is 0.777. The number of aromatic carboxylic acids is 2. The van der Waals surface area contributed by atoms with E-state index in [1.165, 1.54) is 30.3 Å². The van der Waals surface area contributed by atoms with E-state index in [0.717, 1.165) is 16.7 Å². The van der Waals surface area contributed by atoms with E-state index in [1.54, 1.807) is 18.2 Å². The van der Waals surface area contributed by atoms with Crippen LogP contribution in [0.1, 0.15) is 27.1 Å². The second kappa shape index (κ2) is 7.01. The number of imide groups is 1. The van der Waals surface area contributed by atoms with Gasteiger partial charge in [-0.05, 0) is 36.4 Å². The summed E-state index contributed by atoms with van der Waals surface area (Å²) in [6, 6.07) is 11.7. The summed E-state index contributed by atoms with van der Waals surface area (Å²) in [4.78, 5) is 48.5. The maximum Gasteiger partial charge on any atom is 0.336 e. The molecule has 2 aromatic rings. The number of carbonyl (C=O) groups is 4. The first-order valence-electron chi connectivity index (χ1n) is 7.57. The van der Waals surface area contributed by atoms with E-state index in [2.05, 4.69) is 0 Å². The molecule has 0 bridgehead atoms. The zero-order chi connectivity index (χ0) is 18.8. The molecule has 1 atom stereocenters. The van der Waals surface area contributed by atoms with Crippen molar-refractivity contribution in [3.05, 3.63) is 59.7 Å². The second-order valence-electron chi connectivity index (χ2n) is 5.53.